The van der Waals surface area contributed by atoms with Gasteiger partial charge in [0.1, 0.15) is 0 Å². The molecule has 0 aliphatic rings. The van der Waals surface area contributed by atoms with E-state index in [0.29, 0.717) is 16.4 Å². The smallest absolute Gasteiger partial charge is 0.337 e. The van der Waals surface area contributed by atoms with E-state index in [0.717, 1.165) is 17.5 Å². The molecule has 0 spiro atoms. The summed E-state index contributed by atoms with van der Waals surface area (Å²) in [6.45, 7) is 3.92. The number of thiocarbonyl (C=S) groups is 1. The molecule has 6 nitrogen and oxygen atoms in total. The van der Waals surface area contributed by atoms with Gasteiger partial charge in [-0.3, -0.25) is 0 Å². The normalized spacial score (nSPS) is 12.1. The van der Waals surface area contributed by atoms with Crippen LogP contribution in [-0.4, -0.2) is 32.9 Å². The van der Waals surface area contributed by atoms with E-state index in [1.54, 1.807) is 36.4 Å². The molecule has 0 saturated heterocycles. The van der Waals surface area contributed by atoms with Crippen LogP contribution in [0.25, 0.3) is 0 Å². The number of ether oxygens (including phenoxy) is 1. The number of nitrogens with one attached hydrogen (secondary N) is 2. The average molecular weight is 421 g/mol. The third-order valence-corrected chi connectivity index (χ3v) is 5.68. The van der Waals surface area contributed by atoms with E-state index in [2.05, 4.69) is 10.6 Å². The second-order valence-electron chi connectivity index (χ2n) is 6.42. The molecule has 150 valence electrons. The molecule has 0 aliphatic carbocycles. The molecule has 2 N–H and O–H groups in total. The fourth-order valence-corrected chi connectivity index (χ4v) is 3.57. The highest BCUT2D eigenvalue weighted by molar-refractivity contribution is 7.90. The Morgan fingerprint density at radius 3 is 2.36 bits per heavy atom. The third kappa shape index (κ3) is 5.53. The number of benzene rings is 2. The number of carbonyl (C=O) groups is 1. The fourth-order valence-electron chi connectivity index (χ4n) is 2.69. The number of anilines is 1. The van der Waals surface area contributed by atoms with Gasteiger partial charge in [0, 0.05) is 11.9 Å². The first-order chi connectivity index (χ1) is 13.2. The van der Waals surface area contributed by atoms with E-state index in [-0.39, 0.29) is 10.9 Å². The van der Waals surface area contributed by atoms with Crippen LogP contribution >= 0.6 is 12.2 Å². The van der Waals surface area contributed by atoms with Gasteiger partial charge in [-0.1, -0.05) is 25.1 Å². The monoisotopic (exact) mass is 420 g/mol. The molecule has 0 fully saturated rings. The Bertz CT molecular complexity index is 970. The van der Waals surface area contributed by atoms with Gasteiger partial charge in [-0.15, -0.1) is 0 Å². The molecule has 0 aromatic heterocycles. The maximum absolute atomic E-state index is 11.7. The van der Waals surface area contributed by atoms with E-state index >= 15 is 0 Å². The number of hydrogen-bond acceptors (Lipinski definition) is 5. The molecule has 2 aromatic carbocycles. The first-order valence-electron chi connectivity index (χ1n) is 8.72. The Labute approximate surface area is 171 Å². The third-order valence-electron chi connectivity index (χ3n) is 4.33. The lowest BCUT2D eigenvalue weighted by Gasteiger charge is -2.21. The van der Waals surface area contributed by atoms with Crippen LogP contribution in [-0.2, 0) is 14.6 Å². The lowest BCUT2D eigenvalue weighted by Crippen LogP contribution is -2.32. The summed E-state index contributed by atoms with van der Waals surface area (Å²) >= 11 is 5.43. The van der Waals surface area contributed by atoms with Crippen molar-refractivity contribution in [1.82, 2.24) is 5.32 Å². The predicted molar refractivity (Wildman–Crippen MR) is 114 cm³/mol. The fraction of sp³-hybridized carbons (Fsp3) is 0.300. The number of rotatable bonds is 6. The lowest BCUT2D eigenvalue weighted by molar-refractivity contribution is 0.0601. The van der Waals surface area contributed by atoms with Gasteiger partial charge in [0.25, 0.3) is 0 Å². The van der Waals surface area contributed by atoms with Gasteiger partial charge in [-0.2, -0.15) is 0 Å². The van der Waals surface area contributed by atoms with Crippen LogP contribution in [0.15, 0.2) is 47.4 Å². The number of esters is 1. The maximum atomic E-state index is 11.7. The van der Waals surface area contributed by atoms with Crippen LogP contribution in [0.2, 0.25) is 0 Å². The van der Waals surface area contributed by atoms with Crippen molar-refractivity contribution in [1.29, 1.82) is 0 Å². The minimum absolute atomic E-state index is 0.0855. The standard InChI is InChI=1S/C20H24N2O4S2/c1-5-17(14-8-10-16(11-9-14)28(4,24)25)21-20(27)22-18-12-15(19(23)26-3)7-6-13(18)2/h6-12,17H,5H2,1-4H3,(H2,21,22,27)/t17-/m0/s1. The highest BCUT2D eigenvalue weighted by Gasteiger charge is 2.14. The highest BCUT2D eigenvalue weighted by Crippen LogP contribution is 2.21. The summed E-state index contributed by atoms with van der Waals surface area (Å²) in [6, 6.07) is 11.9. The Hall–Kier alpha value is -2.45. The number of carbonyl (C=O) groups excluding carboxylic acids is 1. The first-order valence-corrected chi connectivity index (χ1v) is 11.0. The van der Waals surface area contributed by atoms with Crippen LogP contribution in [0.1, 0.15) is 40.9 Å². The van der Waals surface area contributed by atoms with Crippen molar-refractivity contribution in [2.24, 2.45) is 0 Å². The van der Waals surface area contributed by atoms with Crippen molar-refractivity contribution in [2.75, 3.05) is 18.7 Å². The molecule has 0 amide bonds. The van der Waals surface area contributed by atoms with Crippen molar-refractivity contribution >= 4 is 38.8 Å². The Morgan fingerprint density at radius 1 is 1.18 bits per heavy atom. The summed E-state index contributed by atoms with van der Waals surface area (Å²) in [7, 11) is -1.89. The molecular weight excluding hydrogens is 396 g/mol. The zero-order valence-electron chi connectivity index (χ0n) is 16.3. The first kappa shape index (κ1) is 21.8. The SMILES string of the molecule is CC[C@H](NC(=S)Nc1cc(C(=O)OC)ccc1C)c1ccc(S(C)(=O)=O)cc1. The number of hydrogen-bond donors (Lipinski definition) is 2. The van der Waals surface area contributed by atoms with E-state index in [9.17, 15) is 13.2 Å². The summed E-state index contributed by atoms with van der Waals surface area (Å²) in [5.74, 6) is -0.417. The molecular formula is C20H24N2O4S2. The Morgan fingerprint density at radius 2 is 1.82 bits per heavy atom. The molecule has 0 radical (unpaired) electrons. The average Bonchev–Trinajstić information content (AvgIpc) is 2.66. The van der Waals surface area contributed by atoms with Crippen LogP contribution in [0.3, 0.4) is 0 Å². The summed E-state index contributed by atoms with van der Waals surface area (Å²) in [5, 5.41) is 6.76. The highest BCUT2D eigenvalue weighted by atomic mass is 32.2. The second-order valence-corrected chi connectivity index (χ2v) is 8.85. The van der Waals surface area contributed by atoms with Gasteiger partial charge in [0.05, 0.1) is 23.6 Å². The van der Waals surface area contributed by atoms with Gasteiger partial charge >= 0.3 is 5.97 Å². The molecule has 0 bridgehead atoms. The lowest BCUT2D eigenvalue weighted by atomic mass is 10.1. The van der Waals surface area contributed by atoms with Crippen LogP contribution in [0.5, 0.6) is 0 Å². The minimum atomic E-state index is -3.23. The van der Waals surface area contributed by atoms with Gasteiger partial charge < -0.3 is 15.4 Å². The van der Waals surface area contributed by atoms with E-state index in [4.69, 9.17) is 17.0 Å². The van der Waals surface area contributed by atoms with Crippen molar-refractivity contribution in [3.63, 3.8) is 0 Å². The van der Waals surface area contributed by atoms with Crippen molar-refractivity contribution < 1.29 is 17.9 Å². The predicted octanol–water partition coefficient (Wildman–Crippen LogP) is 3.62. The second kappa shape index (κ2) is 9.16. The molecule has 0 saturated carbocycles. The van der Waals surface area contributed by atoms with Gasteiger partial charge in [-0.05, 0) is 61.0 Å². The molecule has 28 heavy (non-hydrogen) atoms. The molecule has 1 atom stereocenters. The number of methoxy groups -OCH3 is 1. The largest absolute Gasteiger partial charge is 0.465 e. The molecule has 0 unspecified atom stereocenters. The zero-order valence-corrected chi connectivity index (χ0v) is 17.9. The maximum Gasteiger partial charge on any atom is 0.337 e. The quantitative estimate of drug-likeness (QED) is 0.545. The topological polar surface area (TPSA) is 84.5 Å². The van der Waals surface area contributed by atoms with E-state index in [1.165, 1.54) is 13.4 Å². The molecule has 0 heterocycles. The van der Waals surface area contributed by atoms with Crippen molar-refractivity contribution in [2.45, 2.75) is 31.2 Å². The van der Waals surface area contributed by atoms with Crippen molar-refractivity contribution in [3.8, 4) is 0 Å². The molecule has 8 heteroatoms. The Kier molecular flexibility index (Phi) is 7.15. The van der Waals surface area contributed by atoms with E-state index < -0.39 is 15.8 Å². The molecule has 0 aliphatic heterocycles. The number of sulfone groups is 1. The van der Waals surface area contributed by atoms with Crippen LogP contribution in [0.4, 0.5) is 5.69 Å². The minimum Gasteiger partial charge on any atom is -0.465 e. The zero-order chi connectivity index (χ0) is 20.9. The van der Waals surface area contributed by atoms with Gasteiger partial charge in [0.15, 0.2) is 14.9 Å². The van der Waals surface area contributed by atoms with Crippen molar-refractivity contribution in [3.05, 3.63) is 59.2 Å². The summed E-state index contributed by atoms with van der Waals surface area (Å²) in [4.78, 5) is 12.0. The van der Waals surface area contributed by atoms with Gasteiger partial charge in [-0.25, -0.2) is 13.2 Å². The molecule has 2 rings (SSSR count). The van der Waals surface area contributed by atoms with Crippen LogP contribution < -0.4 is 10.6 Å². The number of aryl methyl sites for hydroxylation is 1. The Balaban J connectivity index is 2.13. The molecule has 2 aromatic rings. The van der Waals surface area contributed by atoms with Crippen LogP contribution in [0, 0.1) is 6.92 Å². The van der Waals surface area contributed by atoms with E-state index in [1.807, 2.05) is 19.9 Å². The van der Waals surface area contributed by atoms with Gasteiger partial charge in [0.2, 0.25) is 0 Å². The summed E-state index contributed by atoms with van der Waals surface area (Å²) in [6.07, 6.45) is 1.93. The summed E-state index contributed by atoms with van der Waals surface area (Å²) < 4.78 is 28.0. The summed E-state index contributed by atoms with van der Waals surface area (Å²) in [5.41, 5.74) is 3.01.